The molecule has 0 fully saturated rings. The second kappa shape index (κ2) is 329. The van der Waals surface area contributed by atoms with E-state index in [0.717, 1.165) is 14.1 Å². The highest BCUT2D eigenvalue weighted by Crippen LogP contribution is 1.40. The van der Waals surface area contributed by atoms with Gasteiger partial charge >= 0.3 is 0 Å². The fraction of sp³-hybridized carbons (Fsp3) is 0.875. The normalized spacial score (nSPS) is 3.46. The molecule has 0 saturated heterocycles. The first-order valence-corrected chi connectivity index (χ1v) is 6.23. The largest absolute Gasteiger partial charge is 0.333 e. The van der Waals surface area contributed by atoms with Crippen LogP contribution in [-0.4, -0.2) is 38.0 Å². The molecular weight excluding hydrogens is 340 g/mol. The van der Waals surface area contributed by atoms with E-state index in [1.807, 2.05) is 27.7 Å². The maximum Gasteiger partial charge on any atom is 0.194 e. The van der Waals surface area contributed by atoms with Crippen molar-refractivity contribution in [3.8, 4) is 12.1 Å². The summed E-state index contributed by atoms with van der Waals surface area (Å²) in [6.45, 7) is 10.9. The molecule has 0 radical (unpaired) electrons. The summed E-state index contributed by atoms with van der Waals surface area (Å²) in [5.41, 5.74) is 9.00. The van der Waals surface area contributed by atoms with E-state index in [1.165, 1.54) is 27.9 Å². The van der Waals surface area contributed by atoms with Crippen molar-refractivity contribution in [2.45, 2.75) is 71.2 Å². The molecular formula is C16H50N6O4. The SMILES string of the molecule is C.C.C.C.CC.CC.CC#N.CC#N.CN.CN.C[N+](=O)[O-].C[N+](=O)[O-]. The second-order valence-electron chi connectivity index (χ2n) is 1.33. The van der Waals surface area contributed by atoms with Crippen LogP contribution in [0.2, 0.25) is 0 Å². The van der Waals surface area contributed by atoms with Gasteiger partial charge in [-0.25, -0.2) is 0 Å². The molecule has 0 aliphatic heterocycles. The number of nitrogens with zero attached hydrogens (tertiary/aromatic N) is 4. The number of nitrogens with two attached hydrogens (primary N) is 2. The fourth-order valence-electron chi connectivity index (χ4n) is 0. The third-order valence-corrected chi connectivity index (χ3v) is 0. The molecule has 0 saturated carbocycles. The molecule has 0 aromatic carbocycles. The predicted molar refractivity (Wildman–Crippen MR) is 118 cm³/mol. The van der Waals surface area contributed by atoms with E-state index in [1.54, 1.807) is 12.1 Å². The van der Waals surface area contributed by atoms with Gasteiger partial charge in [-0.3, -0.25) is 20.2 Å². The van der Waals surface area contributed by atoms with Gasteiger partial charge in [-0.15, -0.1) is 0 Å². The van der Waals surface area contributed by atoms with Crippen molar-refractivity contribution in [1.29, 1.82) is 10.5 Å². The van der Waals surface area contributed by atoms with Gasteiger partial charge in [0.25, 0.3) is 0 Å². The first-order valence-electron chi connectivity index (χ1n) is 6.23. The van der Waals surface area contributed by atoms with Gasteiger partial charge in [-0.2, -0.15) is 10.5 Å². The van der Waals surface area contributed by atoms with E-state index in [4.69, 9.17) is 30.8 Å². The van der Waals surface area contributed by atoms with Gasteiger partial charge in [0.05, 0.1) is 12.1 Å². The Morgan fingerprint density at radius 1 is 0.654 bits per heavy atom. The monoisotopic (exact) mass is 390 g/mol. The van der Waals surface area contributed by atoms with E-state index in [-0.39, 0.29) is 29.7 Å². The Morgan fingerprint density at radius 2 is 0.654 bits per heavy atom. The molecule has 0 unspecified atom stereocenters. The minimum absolute atomic E-state index is 0. The van der Waals surface area contributed by atoms with Crippen LogP contribution >= 0.6 is 0 Å². The third-order valence-electron chi connectivity index (χ3n) is 0. The maximum absolute atomic E-state index is 8.81. The summed E-state index contributed by atoms with van der Waals surface area (Å²) < 4.78 is 0. The average Bonchev–Trinajstić information content (AvgIpc) is 2.47. The second-order valence-corrected chi connectivity index (χ2v) is 1.33. The van der Waals surface area contributed by atoms with Crippen molar-refractivity contribution in [3.05, 3.63) is 20.2 Å². The van der Waals surface area contributed by atoms with Crippen LogP contribution in [0.25, 0.3) is 0 Å². The molecule has 0 atom stereocenters. The smallest absolute Gasteiger partial charge is 0.194 e. The molecule has 0 amide bonds. The molecule has 0 bridgehead atoms. The van der Waals surface area contributed by atoms with Crippen molar-refractivity contribution in [2.24, 2.45) is 11.5 Å². The number of hydrogen-bond donors (Lipinski definition) is 2. The molecule has 0 heterocycles. The van der Waals surface area contributed by atoms with Gasteiger partial charge in [-0.1, -0.05) is 57.4 Å². The van der Waals surface area contributed by atoms with Crippen LogP contribution in [0.15, 0.2) is 0 Å². The van der Waals surface area contributed by atoms with Crippen molar-refractivity contribution >= 4 is 0 Å². The van der Waals surface area contributed by atoms with Gasteiger partial charge < -0.3 is 11.5 Å². The van der Waals surface area contributed by atoms with Gasteiger partial charge in [0.2, 0.25) is 0 Å². The molecule has 0 aliphatic rings. The Morgan fingerprint density at radius 3 is 0.654 bits per heavy atom. The highest BCUT2D eigenvalue weighted by molar-refractivity contribution is 4.51. The molecule has 26 heavy (non-hydrogen) atoms. The zero-order valence-corrected chi connectivity index (χ0v) is 15.6. The lowest BCUT2D eigenvalue weighted by molar-refractivity contribution is -0.445. The first-order chi connectivity index (χ1) is 10.3. The summed E-state index contributed by atoms with van der Waals surface area (Å²) >= 11 is 0. The Bertz CT molecular complexity index is 196. The lowest BCUT2D eigenvalue weighted by Gasteiger charge is -1.63. The molecule has 4 N–H and O–H groups in total. The lowest BCUT2D eigenvalue weighted by Crippen LogP contribution is -1.79. The Balaban J connectivity index is -0.00000000859. The zero-order chi connectivity index (χ0) is 20.6. The summed E-state index contributed by atoms with van der Waals surface area (Å²) in [5.74, 6) is 0. The average molecular weight is 391 g/mol. The van der Waals surface area contributed by atoms with Crippen LogP contribution in [0.1, 0.15) is 71.2 Å². The van der Waals surface area contributed by atoms with E-state index in [2.05, 4.69) is 11.5 Å². The fourth-order valence-corrected chi connectivity index (χ4v) is 0. The van der Waals surface area contributed by atoms with Crippen LogP contribution in [-0.2, 0) is 0 Å². The van der Waals surface area contributed by atoms with Crippen molar-refractivity contribution in [3.63, 3.8) is 0 Å². The number of nitro groups is 2. The topological polar surface area (TPSA) is 186 Å². The van der Waals surface area contributed by atoms with Crippen LogP contribution in [0.5, 0.6) is 0 Å². The minimum Gasteiger partial charge on any atom is -0.333 e. The summed E-state index contributed by atoms with van der Waals surface area (Å²) in [4.78, 5) is 16.6. The van der Waals surface area contributed by atoms with Crippen LogP contribution < -0.4 is 11.5 Å². The van der Waals surface area contributed by atoms with Gasteiger partial charge in [0.15, 0.2) is 14.1 Å². The van der Waals surface area contributed by atoms with Crippen LogP contribution in [0.3, 0.4) is 0 Å². The Kier molecular flexibility index (Phi) is 1130. The van der Waals surface area contributed by atoms with Crippen molar-refractivity contribution < 1.29 is 9.85 Å². The van der Waals surface area contributed by atoms with E-state index in [0.29, 0.717) is 0 Å². The van der Waals surface area contributed by atoms with Crippen molar-refractivity contribution in [2.75, 3.05) is 28.2 Å². The van der Waals surface area contributed by atoms with Gasteiger partial charge in [-0.05, 0) is 14.1 Å². The maximum atomic E-state index is 8.81. The molecule has 168 valence electrons. The highest BCUT2D eigenvalue weighted by atomic mass is 16.6. The lowest BCUT2D eigenvalue weighted by atomic mass is 11.0. The number of hydrogen-bond acceptors (Lipinski definition) is 8. The van der Waals surface area contributed by atoms with E-state index < -0.39 is 9.85 Å². The summed E-state index contributed by atoms with van der Waals surface area (Å²) in [6, 6.07) is 3.50. The van der Waals surface area contributed by atoms with Gasteiger partial charge in [0, 0.05) is 23.7 Å². The molecule has 10 heteroatoms. The number of nitriles is 2. The van der Waals surface area contributed by atoms with E-state index in [9.17, 15) is 0 Å². The minimum atomic E-state index is -0.500. The third kappa shape index (κ3) is 1760. The van der Waals surface area contributed by atoms with Crippen molar-refractivity contribution in [1.82, 2.24) is 0 Å². The van der Waals surface area contributed by atoms with Crippen LogP contribution in [0.4, 0.5) is 0 Å². The zero-order valence-electron chi connectivity index (χ0n) is 15.6. The first kappa shape index (κ1) is 89.2. The standard InChI is InChI=1S/2C2H3N.2C2H6.2CH3NO2.2CH5N.4CH4/c2*1-2-3;2*1-2;2*1-2(3)4;2*1-2;;;;/h2*1H3;2*1-2H3;2*1H3;2*2H2,1H3;4*1H4. The number of rotatable bonds is 0. The van der Waals surface area contributed by atoms with E-state index >= 15 is 0 Å². The summed E-state index contributed by atoms with van der Waals surface area (Å²) in [7, 11) is 4.78. The molecule has 0 aliphatic carbocycles. The molecule has 10 nitrogen and oxygen atoms in total. The van der Waals surface area contributed by atoms with Crippen LogP contribution in [0, 0.1) is 42.9 Å². The molecule has 0 aromatic heterocycles. The summed E-state index contributed by atoms with van der Waals surface area (Å²) in [5, 5.41) is 32.2. The molecule has 0 rings (SSSR count). The Hall–Kier alpha value is -2.30. The quantitative estimate of drug-likeness (QED) is 0.443. The van der Waals surface area contributed by atoms with Gasteiger partial charge in [0.1, 0.15) is 0 Å². The summed E-state index contributed by atoms with van der Waals surface area (Å²) in [6.07, 6.45) is 0. The predicted octanol–water partition coefficient (Wildman–Crippen LogP) is 4.59. The Labute approximate surface area is 164 Å². The molecule has 0 aromatic rings. The highest BCUT2D eigenvalue weighted by Gasteiger charge is 1.57. The molecule has 0 spiro atoms.